The third-order valence-corrected chi connectivity index (χ3v) is 11.3. The smallest absolute Gasteiger partial charge is 0.496 e. The van der Waals surface area contributed by atoms with E-state index in [1.165, 1.54) is 19.2 Å². The summed E-state index contributed by atoms with van der Waals surface area (Å²) < 4.78 is 115. The highest BCUT2D eigenvalue weighted by Gasteiger charge is 2.52. The van der Waals surface area contributed by atoms with E-state index >= 15 is 4.39 Å². The Balaban J connectivity index is 1.30. The molecule has 3 aliphatic rings. The van der Waals surface area contributed by atoms with Crippen molar-refractivity contribution in [2.24, 2.45) is 17.8 Å². The Morgan fingerprint density at radius 3 is 2.23 bits per heavy atom. The van der Waals surface area contributed by atoms with Gasteiger partial charge in [0.2, 0.25) is 15.9 Å². The van der Waals surface area contributed by atoms with Gasteiger partial charge in [0.1, 0.15) is 5.75 Å². The van der Waals surface area contributed by atoms with Gasteiger partial charge in [-0.25, -0.2) is 25.9 Å². The fourth-order valence-electron chi connectivity index (χ4n) is 6.96. The highest BCUT2D eigenvalue weighted by atomic mass is 32.2. The van der Waals surface area contributed by atoms with Crippen LogP contribution in [0.3, 0.4) is 0 Å². The molecule has 0 aliphatic heterocycles. The number of nitrogens with one attached hydrogen (secondary N) is 3. The van der Waals surface area contributed by atoms with E-state index in [2.05, 4.69) is 15.4 Å². The molecule has 5 rings (SSSR count). The summed E-state index contributed by atoms with van der Waals surface area (Å²) >= 11 is 0. The second kappa shape index (κ2) is 13.2. The van der Waals surface area contributed by atoms with E-state index in [9.17, 15) is 39.6 Å². The van der Waals surface area contributed by atoms with Crippen LogP contribution in [0, 0.1) is 23.6 Å². The number of carbonyl (C=O) groups excluding carboxylic acids is 2. The Bertz CT molecular complexity index is 1750. The third-order valence-electron chi connectivity index (χ3n) is 9.08. The largest absolute Gasteiger partial charge is 0.501 e. The van der Waals surface area contributed by atoms with Crippen LogP contribution in [-0.4, -0.2) is 65.7 Å². The molecule has 0 aromatic heterocycles. The second-order valence-electron chi connectivity index (χ2n) is 12.3. The summed E-state index contributed by atoms with van der Waals surface area (Å²) in [5, 5.41) is 5.41. The molecule has 0 radical (unpaired) electrons. The predicted octanol–water partition coefficient (Wildman–Crippen LogP) is 4.15. The Morgan fingerprint density at radius 1 is 0.915 bits per heavy atom. The number of hydrogen-bond acceptors (Lipinski definition) is 8. The van der Waals surface area contributed by atoms with Crippen LogP contribution in [0.5, 0.6) is 11.5 Å². The Morgan fingerprint density at radius 2 is 1.60 bits per heavy atom. The van der Waals surface area contributed by atoms with Gasteiger partial charge in [-0.1, -0.05) is 6.07 Å². The van der Waals surface area contributed by atoms with E-state index in [-0.39, 0.29) is 40.6 Å². The van der Waals surface area contributed by atoms with Crippen LogP contribution in [0.2, 0.25) is 0 Å². The number of anilines is 1. The van der Waals surface area contributed by atoms with Crippen molar-refractivity contribution in [2.45, 2.75) is 73.5 Å². The number of amides is 2. The topological polar surface area (TPSA) is 157 Å². The van der Waals surface area contributed by atoms with Gasteiger partial charge in [-0.2, -0.15) is 13.2 Å². The number of halogens is 4. The molecule has 0 heterocycles. The van der Waals surface area contributed by atoms with Gasteiger partial charge in [0.05, 0.1) is 35.8 Å². The first-order chi connectivity index (χ1) is 22.0. The molecule has 2 bridgehead atoms. The van der Waals surface area contributed by atoms with Crippen molar-refractivity contribution in [3.8, 4) is 11.5 Å². The summed E-state index contributed by atoms with van der Waals surface area (Å²) in [6.45, 7) is 0. The molecule has 11 nitrogen and oxygen atoms in total. The van der Waals surface area contributed by atoms with Gasteiger partial charge in [-0.3, -0.25) is 9.59 Å². The summed E-state index contributed by atoms with van der Waals surface area (Å²) in [5.74, 6) is -3.23. The van der Waals surface area contributed by atoms with E-state index in [4.69, 9.17) is 9.47 Å². The summed E-state index contributed by atoms with van der Waals surface area (Å²) in [6.07, 6.45) is 4.57. The van der Waals surface area contributed by atoms with E-state index < -0.39 is 66.0 Å². The molecule has 0 saturated heterocycles. The zero-order chi connectivity index (χ0) is 34.3. The normalized spacial score (nSPS) is 26.1. The fourth-order valence-corrected chi connectivity index (χ4v) is 8.61. The van der Waals surface area contributed by atoms with Crippen molar-refractivity contribution in [1.82, 2.24) is 10.0 Å². The SMILES string of the molecule is COc1cc(F)c(OC2CCC(NS(C)(=O)=O)CC2)cc1C(=O)NC1C2CCC(C2)C1C(=O)Nc1cccc(S(=O)(=O)C(F)(F)F)c1. The number of ether oxygens (including phenoxy) is 2. The van der Waals surface area contributed by atoms with Crippen LogP contribution >= 0.6 is 0 Å². The average molecular weight is 706 g/mol. The first-order valence-electron chi connectivity index (χ1n) is 15.0. The molecule has 2 aromatic rings. The zero-order valence-electron chi connectivity index (χ0n) is 25.5. The third kappa shape index (κ3) is 7.67. The summed E-state index contributed by atoms with van der Waals surface area (Å²) in [5.41, 5.74) is -5.70. The first-order valence-corrected chi connectivity index (χ1v) is 18.4. The number of benzene rings is 2. The number of hydrogen-bond donors (Lipinski definition) is 3. The molecule has 2 amide bonds. The minimum absolute atomic E-state index is 0.0386. The van der Waals surface area contributed by atoms with Crippen molar-refractivity contribution >= 4 is 37.4 Å². The van der Waals surface area contributed by atoms with Crippen LogP contribution in [-0.2, 0) is 24.7 Å². The van der Waals surface area contributed by atoms with Crippen LogP contribution in [0.1, 0.15) is 55.3 Å². The number of sulfone groups is 1. The Hall–Kier alpha value is -3.44. The molecular weight excluding hydrogens is 670 g/mol. The lowest BCUT2D eigenvalue weighted by molar-refractivity contribution is -0.122. The summed E-state index contributed by atoms with van der Waals surface area (Å²) in [6, 6.07) is 5.21. The molecule has 3 fully saturated rings. The van der Waals surface area contributed by atoms with Gasteiger partial charge in [-0.05, 0) is 81.0 Å². The molecule has 258 valence electrons. The van der Waals surface area contributed by atoms with Gasteiger partial charge < -0.3 is 20.1 Å². The van der Waals surface area contributed by atoms with Gasteiger partial charge in [0.15, 0.2) is 11.6 Å². The maximum atomic E-state index is 15.0. The Kier molecular flexibility index (Phi) is 9.81. The van der Waals surface area contributed by atoms with Gasteiger partial charge in [0, 0.05) is 23.8 Å². The van der Waals surface area contributed by atoms with Crippen LogP contribution in [0.15, 0.2) is 41.3 Å². The number of rotatable bonds is 10. The van der Waals surface area contributed by atoms with Gasteiger partial charge in [-0.15, -0.1) is 0 Å². The minimum Gasteiger partial charge on any atom is -0.496 e. The number of sulfonamides is 1. The highest BCUT2D eigenvalue weighted by Crippen LogP contribution is 2.49. The maximum absolute atomic E-state index is 15.0. The van der Waals surface area contributed by atoms with Crippen LogP contribution in [0.4, 0.5) is 23.2 Å². The molecular formula is C30H35F4N3O8S2. The van der Waals surface area contributed by atoms with Gasteiger partial charge in [0.25, 0.3) is 15.7 Å². The van der Waals surface area contributed by atoms with E-state index in [1.807, 2.05) is 0 Å². The first kappa shape index (κ1) is 34.9. The highest BCUT2D eigenvalue weighted by molar-refractivity contribution is 7.92. The van der Waals surface area contributed by atoms with E-state index in [0.29, 0.717) is 38.5 Å². The molecule has 3 saturated carbocycles. The summed E-state index contributed by atoms with van der Waals surface area (Å²) in [7, 11) is -7.74. The predicted molar refractivity (Wildman–Crippen MR) is 161 cm³/mol. The van der Waals surface area contributed by atoms with Crippen molar-refractivity contribution in [2.75, 3.05) is 18.7 Å². The van der Waals surface area contributed by atoms with Crippen LogP contribution in [0.25, 0.3) is 0 Å². The molecule has 0 spiro atoms. The lowest BCUT2D eigenvalue weighted by Crippen LogP contribution is -2.48. The Labute approximate surface area is 269 Å². The lowest BCUT2D eigenvalue weighted by atomic mass is 9.83. The quantitative estimate of drug-likeness (QED) is 0.312. The molecule has 47 heavy (non-hydrogen) atoms. The van der Waals surface area contributed by atoms with E-state index in [0.717, 1.165) is 36.9 Å². The molecule has 4 unspecified atom stereocenters. The number of fused-ring (bicyclic) bond motifs is 2. The molecule has 2 aromatic carbocycles. The lowest BCUT2D eigenvalue weighted by Gasteiger charge is -2.31. The monoisotopic (exact) mass is 705 g/mol. The molecule has 3 aliphatic carbocycles. The second-order valence-corrected chi connectivity index (χ2v) is 16.0. The van der Waals surface area contributed by atoms with Crippen molar-refractivity contribution in [3.63, 3.8) is 0 Å². The molecule has 17 heteroatoms. The van der Waals surface area contributed by atoms with Crippen molar-refractivity contribution < 1.29 is 53.5 Å². The number of methoxy groups -OCH3 is 1. The van der Waals surface area contributed by atoms with Gasteiger partial charge >= 0.3 is 5.51 Å². The minimum atomic E-state index is -5.63. The fraction of sp³-hybridized carbons (Fsp3) is 0.533. The number of alkyl halides is 3. The average Bonchev–Trinajstić information content (AvgIpc) is 3.60. The summed E-state index contributed by atoms with van der Waals surface area (Å²) in [4.78, 5) is 26.1. The zero-order valence-corrected chi connectivity index (χ0v) is 27.1. The van der Waals surface area contributed by atoms with Crippen LogP contribution < -0.4 is 24.8 Å². The van der Waals surface area contributed by atoms with Crippen molar-refractivity contribution in [1.29, 1.82) is 0 Å². The van der Waals surface area contributed by atoms with Crippen molar-refractivity contribution in [3.05, 3.63) is 47.8 Å². The molecule has 3 N–H and O–H groups in total. The number of carbonyl (C=O) groups is 2. The molecule has 4 atom stereocenters. The standard InChI is InChI=1S/C30H35F4N3O8S2/c1-44-24-15-23(31)25(45-20-10-8-18(9-11-20)37-46(2,40)41)14-22(24)28(38)36-27-17-7-6-16(12-17)26(27)29(39)35-19-4-3-5-21(13-19)47(42,43)30(32,33)34/h3-5,13-18,20,26-27,37H,6-12H2,1-2H3,(H,35,39)(H,36,38). The maximum Gasteiger partial charge on any atom is 0.501 e. The van der Waals surface area contributed by atoms with E-state index in [1.54, 1.807) is 0 Å².